The minimum atomic E-state index is -0.184. The number of rotatable bonds is 5. The third-order valence-electron chi connectivity index (χ3n) is 4.38. The van der Waals surface area contributed by atoms with Crippen LogP contribution in [0.2, 0.25) is 0 Å². The fourth-order valence-electron chi connectivity index (χ4n) is 3.01. The van der Waals surface area contributed by atoms with Crippen molar-refractivity contribution in [1.82, 2.24) is 10.2 Å². The van der Waals surface area contributed by atoms with Crippen LogP contribution in [0.25, 0.3) is 0 Å². The first-order chi connectivity index (χ1) is 10.0. The lowest BCUT2D eigenvalue weighted by atomic mass is 9.97. The Balaban J connectivity index is 2.11. The molecule has 0 aromatic heterocycles. The predicted octanol–water partition coefficient (Wildman–Crippen LogP) is 4.19. The zero-order valence-corrected chi connectivity index (χ0v) is 14.8. The summed E-state index contributed by atoms with van der Waals surface area (Å²) in [5.74, 6) is 0.447. The normalized spacial score (nSPS) is 23.7. The molecule has 1 aromatic carbocycles. The van der Waals surface area contributed by atoms with Gasteiger partial charge in [-0.2, -0.15) is 0 Å². The Morgan fingerprint density at radius 3 is 2.81 bits per heavy atom. The molecule has 0 amide bonds. The standard InChI is InChI=1S/C17H26BrFN2/c1-4-5-15-9-20-17(12(2)3)11-21(15)10-13-6-7-14(19)8-16(13)18/h6-8,12,15,17,20H,4-5,9-11H2,1-3H3. The van der Waals surface area contributed by atoms with Gasteiger partial charge in [0.05, 0.1) is 0 Å². The molecule has 1 aromatic rings. The van der Waals surface area contributed by atoms with Crippen molar-refractivity contribution in [3.8, 4) is 0 Å². The van der Waals surface area contributed by atoms with Crippen molar-refractivity contribution in [2.24, 2.45) is 5.92 Å². The monoisotopic (exact) mass is 356 g/mol. The quantitative estimate of drug-likeness (QED) is 0.850. The van der Waals surface area contributed by atoms with E-state index in [0.29, 0.717) is 18.0 Å². The van der Waals surface area contributed by atoms with Crippen LogP contribution in [0.3, 0.4) is 0 Å². The first-order valence-corrected chi connectivity index (χ1v) is 8.72. The van der Waals surface area contributed by atoms with Gasteiger partial charge in [-0.1, -0.05) is 49.2 Å². The molecule has 2 rings (SSSR count). The molecule has 1 N–H and O–H groups in total. The molecule has 21 heavy (non-hydrogen) atoms. The Kier molecular flexibility index (Phi) is 6.20. The van der Waals surface area contributed by atoms with Gasteiger partial charge in [-0.25, -0.2) is 4.39 Å². The molecule has 0 aliphatic carbocycles. The lowest BCUT2D eigenvalue weighted by Crippen LogP contribution is -2.57. The van der Waals surface area contributed by atoms with Gasteiger partial charge >= 0.3 is 0 Å². The maximum absolute atomic E-state index is 13.2. The Bertz CT molecular complexity index is 464. The van der Waals surface area contributed by atoms with Gasteiger partial charge in [0.15, 0.2) is 0 Å². The molecule has 1 saturated heterocycles. The third-order valence-corrected chi connectivity index (χ3v) is 5.12. The summed E-state index contributed by atoms with van der Waals surface area (Å²) in [6.07, 6.45) is 2.40. The van der Waals surface area contributed by atoms with Crippen LogP contribution in [-0.2, 0) is 6.54 Å². The third kappa shape index (κ3) is 4.51. The molecule has 1 aliphatic heterocycles. The first-order valence-electron chi connectivity index (χ1n) is 7.92. The lowest BCUT2D eigenvalue weighted by molar-refractivity contribution is 0.0995. The highest BCUT2D eigenvalue weighted by Crippen LogP contribution is 2.24. The van der Waals surface area contributed by atoms with E-state index in [9.17, 15) is 4.39 Å². The van der Waals surface area contributed by atoms with Gasteiger partial charge in [0.2, 0.25) is 0 Å². The first kappa shape index (κ1) is 16.9. The molecule has 1 aliphatic rings. The van der Waals surface area contributed by atoms with Crippen LogP contribution < -0.4 is 5.32 Å². The van der Waals surface area contributed by atoms with Gasteiger partial charge in [-0.15, -0.1) is 0 Å². The summed E-state index contributed by atoms with van der Waals surface area (Å²) in [5.41, 5.74) is 1.17. The van der Waals surface area contributed by atoms with Crippen molar-refractivity contribution in [3.63, 3.8) is 0 Å². The van der Waals surface area contributed by atoms with Gasteiger partial charge < -0.3 is 5.32 Å². The van der Waals surface area contributed by atoms with Crippen molar-refractivity contribution in [3.05, 3.63) is 34.1 Å². The van der Waals surface area contributed by atoms with Crippen LogP contribution in [-0.4, -0.2) is 30.1 Å². The smallest absolute Gasteiger partial charge is 0.124 e. The molecule has 0 bridgehead atoms. The van der Waals surface area contributed by atoms with E-state index in [1.165, 1.54) is 18.4 Å². The van der Waals surface area contributed by atoms with Crippen LogP contribution >= 0.6 is 15.9 Å². The Morgan fingerprint density at radius 1 is 1.43 bits per heavy atom. The maximum atomic E-state index is 13.2. The molecule has 0 saturated carbocycles. The van der Waals surface area contributed by atoms with Crippen molar-refractivity contribution >= 4 is 15.9 Å². The molecule has 2 nitrogen and oxygen atoms in total. The van der Waals surface area contributed by atoms with Gasteiger partial charge in [0, 0.05) is 36.2 Å². The van der Waals surface area contributed by atoms with Crippen LogP contribution in [0.1, 0.15) is 39.2 Å². The number of hydrogen-bond acceptors (Lipinski definition) is 2. The fourth-order valence-corrected chi connectivity index (χ4v) is 3.49. The second kappa shape index (κ2) is 7.70. The van der Waals surface area contributed by atoms with E-state index in [-0.39, 0.29) is 5.82 Å². The van der Waals surface area contributed by atoms with E-state index < -0.39 is 0 Å². The summed E-state index contributed by atoms with van der Waals surface area (Å²) in [6.45, 7) is 9.77. The Labute approximate surface area is 136 Å². The van der Waals surface area contributed by atoms with Crippen LogP contribution in [0.4, 0.5) is 4.39 Å². The summed E-state index contributed by atoms with van der Waals surface area (Å²) in [7, 11) is 0. The molecule has 0 radical (unpaired) electrons. The van der Waals surface area contributed by atoms with Gasteiger partial charge in [-0.3, -0.25) is 4.90 Å². The number of piperazine rings is 1. The van der Waals surface area contributed by atoms with E-state index in [4.69, 9.17) is 0 Å². The molecule has 1 fully saturated rings. The zero-order chi connectivity index (χ0) is 15.4. The van der Waals surface area contributed by atoms with Crippen LogP contribution in [0.5, 0.6) is 0 Å². The SMILES string of the molecule is CCCC1CNC(C(C)C)CN1Cc1ccc(F)cc1Br. The van der Waals surface area contributed by atoms with E-state index in [2.05, 4.69) is 46.9 Å². The average Bonchev–Trinajstić information content (AvgIpc) is 2.43. The molecule has 1 heterocycles. The number of halogens is 2. The van der Waals surface area contributed by atoms with E-state index in [1.807, 2.05) is 6.07 Å². The summed E-state index contributed by atoms with van der Waals surface area (Å²) < 4.78 is 14.1. The van der Waals surface area contributed by atoms with Crippen molar-refractivity contribution in [2.75, 3.05) is 13.1 Å². The van der Waals surface area contributed by atoms with E-state index in [1.54, 1.807) is 12.1 Å². The highest BCUT2D eigenvalue weighted by Gasteiger charge is 2.29. The summed E-state index contributed by atoms with van der Waals surface area (Å²) in [5, 5.41) is 3.68. The minimum Gasteiger partial charge on any atom is -0.311 e. The van der Waals surface area contributed by atoms with Gasteiger partial charge in [0.25, 0.3) is 0 Å². The fraction of sp³-hybridized carbons (Fsp3) is 0.647. The summed E-state index contributed by atoms with van der Waals surface area (Å²) >= 11 is 3.49. The molecule has 2 atom stereocenters. The number of hydrogen-bond donors (Lipinski definition) is 1. The summed E-state index contributed by atoms with van der Waals surface area (Å²) in [4.78, 5) is 2.56. The highest BCUT2D eigenvalue weighted by molar-refractivity contribution is 9.10. The predicted molar refractivity (Wildman–Crippen MR) is 89.8 cm³/mol. The molecular formula is C17H26BrFN2. The zero-order valence-electron chi connectivity index (χ0n) is 13.2. The van der Waals surface area contributed by atoms with Crippen LogP contribution in [0.15, 0.2) is 22.7 Å². The molecule has 2 unspecified atom stereocenters. The lowest BCUT2D eigenvalue weighted by Gasteiger charge is -2.42. The Hall–Kier alpha value is -0.450. The average molecular weight is 357 g/mol. The molecule has 118 valence electrons. The molecule has 0 spiro atoms. The second-order valence-corrected chi connectivity index (χ2v) is 7.22. The maximum Gasteiger partial charge on any atom is 0.124 e. The van der Waals surface area contributed by atoms with Crippen molar-refractivity contribution in [2.45, 2.75) is 52.2 Å². The number of nitrogens with zero attached hydrogens (tertiary/aromatic N) is 1. The molecule has 4 heteroatoms. The molecular weight excluding hydrogens is 331 g/mol. The topological polar surface area (TPSA) is 15.3 Å². The Morgan fingerprint density at radius 2 is 2.19 bits per heavy atom. The van der Waals surface area contributed by atoms with Crippen molar-refractivity contribution < 1.29 is 4.39 Å². The second-order valence-electron chi connectivity index (χ2n) is 6.37. The minimum absolute atomic E-state index is 0.184. The largest absolute Gasteiger partial charge is 0.311 e. The van der Waals surface area contributed by atoms with E-state index in [0.717, 1.165) is 24.1 Å². The number of nitrogens with one attached hydrogen (secondary N) is 1. The number of benzene rings is 1. The van der Waals surface area contributed by atoms with Gasteiger partial charge in [0.1, 0.15) is 5.82 Å². The van der Waals surface area contributed by atoms with Crippen molar-refractivity contribution in [1.29, 1.82) is 0 Å². The van der Waals surface area contributed by atoms with Crippen LogP contribution in [0, 0.1) is 11.7 Å². The summed E-state index contributed by atoms with van der Waals surface area (Å²) in [6, 6.07) is 6.12. The van der Waals surface area contributed by atoms with E-state index >= 15 is 0 Å². The highest BCUT2D eigenvalue weighted by atomic mass is 79.9. The van der Waals surface area contributed by atoms with Gasteiger partial charge in [-0.05, 0) is 30.0 Å².